The molecule has 3 aliphatic heterocycles. The maximum atomic E-state index is 10.4. The van der Waals surface area contributed by atoms with Gasteiger partial charge in [0.2, 0.25) is 11.7 Å². The zero-order chi connectivity index (χ0) is 22.0. The summed E-state index contributed by atoms with van der Waals surface area (Å²) in [6.45, 7) is 0. The van der Waals surface area contributed by atoms with E-state index in [1.165, 1.54) is 12.8 Å². The fourth-order valence-electron chi connectivity index (χ4n) is 5.74. The average Bonchev–Trinajstić information content (AvgIpc) is 2.80. The fraction of sp³-hybridized carbons (Fsp3) is 0.625. The molecule has 2 bridgehead atoms. The van der Waals surface area contributed by atoms with E-state index in [-0.39, 0.29) is 5.90 Å². The molecule has 4 heterocycles. The van der Waals surface area contributed by atoms with Crippen molar-refractivity contribution in [3.05, 3.63) is 30.1 Å². The van der Waals surface area contributed by atoms with Crippen LogP contribution in [0.5, 0.6) is 0 Å². The Balaban J connectivity index is 1.89. The molecule has 1 N–H and O–H groups in total. The quantitative estimate of drug-likeness (QED) is 0.690. The third-order valence-electron chi connectivity index (χ3n) is 7.33. The van der Waals surface area contributed by atoms with Crippen LogP contribution < -0.4 is 0 Å². The summed E-state index contributed by atoms with van der Waals surface area (Å²) in [6.07, 6.45) is 11.6. The lowest BCUT2D eigenvalue weighted by Crippen LogP contribution is -2.72. The standard InChI is InChI=1S/C24H27N5O2/c25-15-22(16-26)19-9-7-5-3-1-2-4-6-8-12-24(19)30-20(18-10-13-29-14-11-18)23(22,17-27)21(28)31-24/h10-11,13-14,19-20,28H,1-9,12H2/t19-,20-,23-,24-/m1/s1. The number of nitrogens with one attached hydrogen (secondary N) is 1. The van der Waals surface area contributed by atoms with Crippen LogP contribution in [0.4, 0.5) is 0 Å². The molecule has 1 aromatic heterocycles. The molecule has 0 unspecified atom stereocenters. The second-order valence-corrected chi connectivity index (χ2v) is 8.89. The molecule has 1 aliphatic carbocycles. The van der Waals surface area contributed by atoms with Gasteiger partial charge in [0.1, 0.15) is 6.10 Å². The number of rotatable bonds is 1. The van der Waals surface area contributed by atoms with Gasteiger partial charge in [-0.3, -0.25) is 10.4 Å². The Hall–Kier alpha value is -2.95. The van der Waals surface area contributed by atoms with Crippen molar-refractivity contribution < 1.29 is 9.47 Å². The molecule has 7 heteroatoms. The Morgan fingerprint density at radius 3 is 2.13 bits per heavy atom. The Bertz CT molecular complexity index is 945. The first-order chi connectivity index (χ1) is 15.1. The first-order valence-corrected chi connectivity index (χ1v) is 11.2. The zero-order valence-corrected chi connectivity index (χ0v) is 17.6. The van der Waals surface area contributed by atoms with Crippen LogP contribution in [0.15, 0.2) is 24.5 Å². The largest absolute Gasteiger partial charge is 0.447 e. The van der Waals surface area contributed by atoms with Crippen molar-refractivity contribution in [3.63, 3.8) is 0 Å². The molecule has 1 spiro atoms. The van der Waals surface area contributed by atoms with Crippen LogP contribution in [-0.2, 0) is 9.47 Å². The van der Waals surface area contributed by atoms with Crippen LogP contribution in [0, 0.1) is 56.2 Å². The van der Waals surface area contributed by atoms with Crippen molar-refractivity contribution in [1.82, 2.24) is 4.98 Å². The van der Waals surface area contributed by atoms with Gasteiger partial charge >= 0.3 is 0 Å². The number of nitrogens with zero attached hydrogens (tertiary/aromatic N) is 4. The van der Waals surface area contributed by atoms with Gasteiger partial charge in [0, 0.05) is 18.8 Å². The third kappa shape index (κ3) is 3.01. The van der Waals surface area contributed by atoms with Gasteiger partial charge in [-0.05, 0) is 30.5 Å². The van der Waals surface area contributed by atoms with Crippen molar-refractivity contribution in [2.75, 3.05) is 0 Å². The van der Waals surface area contributed by atoms with Crippen LogP contribution in [0.25, 0.3) is 0 Å². The fourth-order valence-corrected chi connectivity index (χ4v) is 5.74. The first-order valence-electron chi connectivity index (χ1n) is 11.2. The smallest absolute Gasteiger partial charge is 0.218 e. The molecule has 1 saturated carbocycles. The van der Waals surface area contributed by atoms with E-state index < -0.39 is 28.6 Å². The molecule has 5 rings (SSSR count). The zero-order valence-electron chi connectivity index (χ0n) is 17.6. The molecule has 0 amide bonds. The lowest BCUT2D eigenvalue weighted by molar-refractivity contribution is -0.355. The molecule has 4 aliphatic rings. The molecular weight excluding hydrogens is 390 g/mol. The highest BCUT2D eigenvalue weighted by molar-refractivity contribution is 5.88. The van der Waals surface area contributed by atoms with Crippen molar-refractivity contribution in [2.45, 2.75) is 76.1 Å². The predicted molar refractivity (Wildman–Crippen MR) is 111 cm³/mol. The lowest BCUT2D eigenvalue weighted by atomic mass is 9.49. The highest BCUT2D eigenvalue weighted by atomic mass is 16.7. The molecule has 4 fully saturated rings. The Labute approximate surface area is 183 Å². The van der Waals surface area contributed by atoms with Gasteiger partial charge in [-0.1, -0.05) is 44.9 Å². The molecule has 160 valence electrons. The molecule has 4 atom stereocenters. The molecule has 0 radical (unpaired) electrons. The summed E-state index contributed by atoms with van der Waals surface area (Å²) in [6, 6.07) is 10.1. The summed E-state index contributed by atoms with van der Waals surface area (Å²) in [7, 11) is 0. The summed E-state index contributed by atoms with van der Waals surface area (Å²) < 4.78 is 12.7. The van der Waals surface area contributed by atoms with Gasteiger partial charge in [-0.15, -0.1) is 0 Å². The van der Waals surface area contributed by atoms with Crippen molar-refractivity contribution in [1.29, 1.82) is 21.2 Å². The van der Waals surface area contributed by atoms with Gasteiger partial charge in [-0.2, -0.15) is 15.8 Å². The average molecular weight is 418 g/mol. The Morgan fingerprint density at radius 2 is 1.52 bits per heavy atom. The second-order valence-electron chi connectivity index (χ2n) is 8.89. The Kier molecular flexibility index (Phi) is 5.69. The predicted octanol–water partition coefficient (Wildman–Crippen LogP) is 4.93. The van der Waals surface area contributed by atoms with Gasteiger partial charge in [0.05, 0.1) is 24.1 Å². The van der Waals surface area contributed by atoms with Gasteiger partial charge in [0.15, 0.2) is 10.8 Å². The van der Waals surface area contributed by atoms with E-state index in [2.05, 4.69) is 23.2 Å². The summed E-state index contributed by atoms with van der Waals surface area (Å²) in [5.41, 5.74) is -2.93. The number of pyridine rings is 1. The van der Waals surface area contributed by atoms with Gasteiger partial charge < -0.3 is 9.47 Å². The van der Waals surface area contributed by atoms with E-state index in [1.54, 1.807) is 24.5 Å². The molecular formula is C24H27N5O2. The van der Waals surface area contributed by atoms with Gasteiger partial charge in [0.25, 0.3) is 0 Å². The SMILES string of the molecule is N#CC1(C#N)[C@H]2CCCCCCCCCC[C@@]23OC(=N)[C@@]1(C#N)[C@@H](c1ccncc1)O3. The van der Waals surface area contributed by atoms with Crippen LogP contribution in [0.2, 0.25) is 0 Å². The number of hydrogen-bond acceptors (Lipinski definition) is 7. The van der Waals surface area contributed by atoms with Crippen LogP contribution in [-0.4, -0.2) is 16.7 Å². The number of aromatic nitrogens is 1. The van der Waals surface area contributed by atoms with Gasteiger partial charge in [-0.25, -0.2) is 0 Å². The molecule has 31 heavy (non-hydrogen) atoms. The summed E-state index contributed by atoms with van der Waals surface area (Å²) >= 11 is 0. The minimum Gasteiger partial charge on any atom is -0.447 e. The third-order valence-corrected chi connectivity index (χ3v) is 7.33. The minimum absolute atomic E-state index is 0.325. The topological polar surface area (TPSA) is 127 Å². The summed E-state index contributed by atoms with van der Waals surface area (Å²) in [5.74, 6) is -2.18. The van der Waals surface area contributed by atoms with Crippen molar-refractivity contribution >= 4 is 5.90 Å². The van der Waals surface area contributed by atoms with Crippen molar-refractivity contribution in [3.8, 4) is 18.2 Å². The minimum atomic E-state index is -1.83. The number of nitriles is 3. The van der Waals surface area contributed by atoms with E-state index in [0.717, 1.165) is 38.5 Å². The number of hydrogen-bond donors (Lipinski definition) is 1. The number of fused-ring (bicyclic) bond motifs is 2. The molecule has 1 aromatic rings. The second kappa shape index (κ2) is 8.29. The van der Waals surface area contributed by atoms with Crippen LogP contribution >= 0.6 is 0 Å². The van der Waals surface area contributed by atoms with E-state index >= 15 is 0 Å². The molecule has 7 nitrogen and oxygen atoms in total. The monoisotopic (exact) mass is 417 g/mol. The number of ether oxygens (including phenoxy) is 2. The van der Waals surface area contributed by atoms with E-state index in [0.29, 0.717) is 18.4 Å². The van der Waals surface area contributed by atoms with Crippen molar-refractivity contribution in [2.24, 2.45) is 16.7 Å². The molecule has 3 saturated heterocycles. The Morgan fingerprint density at radius 1 is 0.903 bits per heavy atom. The lowest BCUT2D eigenvalue weighted by Gasteiger charge is -2.62. The normalized spacial score (nSPS) is 35.1. The van der Waals surface area contributed by atoms with E-state index in [9.17, 15) is 15.8 Å². The summed E-state index contributed by atoms with van der Waals surface area (Å²) in [5, 5.41) is 40.0. The highest BCUT2D eigenvalue weighted by Gasteiger charge is 2.79. The first kappa shape index (κ1) is 21.3. The van der Waals surface area contributed by atoms with E-state index in [1.807, 2.05) is 0 Å². The van der Waals surface area contributed by atoms with Crippen LogP contribution in [0.3, 0.4) is 0 Å². The molecule has 0 aromatic carbocycles. The summed E-state index contributed by atoms with van der Waals surface area (Å²) in [4.78, 5) is 4.04. The maximum Gasteiger partial charge on any atom is 0.218 e. The maximum absolute atomic E-state index is 10.4. The highest BCUT2D eigenvalue weighted by Crippen LogP contribution is 2.68. The van der Waals surface area contributed by atoms with Crippen LogP contribution in [0.1, 0.15) is 75.9 Å². The van der Waals surface area contributed by atoms with E-state index in [4.69, 9.17) is 14.9 Å².